The summed E-state index contributed by atoms with van der Waals surface area (Å²) >= 11 is 3.66. The fourth-order valence-electron chi connectivity index (χ4n) is 0.538. The van der Waals surface area contributed by atoms with Gasteiger partial charge in [0.2, 0.25) is 0 Å². The topological polar surface area (TPSA) is 26.3 Å². The van der Waals surface area contributed by atoms with Crippen LogP contribution in [0.2, 0.25) is 0 Å². The first kappa shape index (κ1) is 11.7. The van der Waals surface area contributed by atoms with Crippen LogP contribution in [-0.2, 0) is 9.53 Å². The average Bonchev–Trinajstić information content (AvgIpc) is 2.16. The number of allylic oxidation sites excluding steroid dienone is 1. The van der Waals surface area contributed by atoms with Crippen molar-refractivity contribution in [2.45, 2.75) is 12.8 Å². The van der Waals surface area contributed by atoms with E-state index in [0.717, 1.165) is 6.42 Å². The SMILES string of the molecule is COC(=O)/C=C\CCC#CC#CS. The Bertz CT molecular complexity index is 296. The molecule has 0 fully saturated rings. The maximum Gasteiger partial charge on any atom is 0.330 e. The molecule has 0 heterocycles. The Hall–Kier alpha value is -1.32. The van der Waals surface area contributed by atoms with E-state index in [0.29, 0.717) is 6.42 Å². The maximum atomic E-state index is 10.6. The summed E-state index contributed by atoms with van der Waals surface area (Å²) in [5.74, 6) is 7.55. The van der Waals surface area contributed by atoms with Crippen LogP contribution in [0.5, 0.6) is 0 Å². The van der Waals surface area contributed by atoms with Crippen LogP contribution in [-0.4, -0.2) is 13.1 Å². The zero-order valence-corrected chi connectivity index (χ0v) is 8.23. The van der Waals surface area contributed by atoms with Gasteiger partial charge in [0.15, 0.2) is 0 Å². The summed E-state index contributed by atoms with van der Waals surface area (Å²) in [5, 5.41) is 2.36. The van der Waals surface area contributed by atoms with E-state index in [-0.39, 0.29) is 5.97 Å². The fourth-order valence-corrected chi connectivity index (χ4v) is 0.594. The van der Waals surface area contributed by atoms with Gasteiger partial charge in [0.05, 0.1) is 7.11 Å². The second-order valence-corrected chi connectivity index (χ2v) is 2.23. The Labute approximate surface area is 83.8 Å². The second kappa shape index (κ2) is 8.77. The van der Waals surface area contributed by atoms with Gasteiger partial charge < -0.3 is 4.74 Å². The van der Waals surface area contributed by atoms with Crippen molar-refractivity contribution in [1.29, 1.82) is 0 Å². The van der Waals surface area contributed by atoms with Gasteiger partial charge in [-0.1, -0.05) is 24.6 Å². The molecule has 0 aromatic heterocycles. The molecule has 3 heteroatoms. The normalized spacial score (nSPS) is 8.15. The van der Waals surface area contributed by atoms with Crippen molar-refractivity contribution in [2.24, 2.45) is 0 Å². The lowest BCUT2D eigenvalue weighted by Gasteiger charge is -1.87. The molecule has 0 saturated carbocycles. The van der Waals surface area contributed by atoms with Gasteiger partial charge in [-0.05, 0) is 23.5 Å². The van der Waals surface area contributed by atoms with Gasteiger partial charge in [-0.25, -0.2) is 4.79 Å². The summed E-state index contributed by atoms with van der Waals surface area (Å²) in [6, 6.07) is 0. The first-order chi connectivity index (χ1) is 6.31. The second-order valence-electron chi connectivity index (χ2n) is 2.00. The lowest BCUT2D eigenvalue weighted by atomic mass is 10.3. The number of hydrogen-bond donors (Lipinski definition) is 1. The molecule has 68 valence electrons. The Kier molecular flexibility index (Phi) is 7.88. The van der Waals surface area contributed by atoms with Gasteiger partial charge in [-0.2, -0.15) is 0 Å². The number of carbonyl (C=O) groups excluding carboxylic acids is 1. The van der Waals surface area contributed by atoms with Gasteiger partial charge in [0.1, 0.15) is 0 Å². The Balaban J connectivity index is 3.56. The first-order valence-electron chi connectivity index (χ1n) is 3.67. The Morgan fingerprint density at radius 3 is 2.92 bits per heavy atom. The van der Waals surface area contributed by atoms with Gasteiger partial charge in [-0.3, -0.25) is 0 Å². The monoisotopic (exact) mass is 194 g/mol. The zero-order chi connectivity index (χ0) is 9.94. The Morgan fingerprint density at radius 1 is 1.54 bits per heavy atom. The largest absolute Gasteiger partial charge is 0.466 e. The van der Waals surface area contributed by atoms with Crippen LogP contribution in [0, 0.1) is 23.0 Å². The molecular weight excluding hydrogens is 184 g/mol. The van der Waals surface area contributed by atoms with Crippen LogP contribution < -0.4 is 0 Å². The van der Waals surface area contributed by atoms with E-state index in [2.05, 4.69) is 40.4 Å². The van der Waals surface area contributed by atoms with Gasteiger partial charge in [0, 0.05) is 12.5 Å². The van der Waals surface area contributed by atoms with Crippen molar-refractivity contribution in [3.05, 3.63) is 12.2 Å². The van der Waals surface area contributed by atoms with Crippen molar-refractivity contribution in [3.63, 3.8) is 0 Å². The minimum absolute atomic E-state index is 0.344. The fraction of sp³-hybridized carbons (Fsp3) is 0.300. The minimum atomic E-state index is -0.344. The highest BCUT2D eigenvalue weighted by Gasteiger charge is 1.87. The number of rotatable bonds is 3. The highest BCUT2D eigenvalue weighted by atomic mass is 32.1. The van der Waals surface area contributed by atoms with E-state index >= 15 is 0 Å². The number of esters is 1. The number of carbonyl (C=O) groups is 1. The van der Waals surface area contributed by atoms with Crippen LogP contribution in [0.15, 0.2) is 12.2 Å². The summed E-state index contributed by atoms with van der Waals surface area (Å²) in [5.41, 5.74) is 0. The predicted molar refractivity (Wildman–Crippen MR) is 54.9 cm³/mol. The summed E-state index contributed by atoms with van der Waals surface area (Å²) in [6.07, 6.45) is 4.49. The third kappa shape index (κ3) is 8.59. The average molecular weight is 194 g/mol. The van der Waals surface area contributed by atoms with E-state index in [9.17, 15) is 4.79 Å². The van der Waals surface area contributed by atoms with Crippen molar-refractivity contribution < 1.29 is 9.53 Å². The molecule has 0 spiro atoms. The molecule has 0 bridgehead atoms. The molecule has 0 amide bonds. The van der Waals surface area contributed by atoms with Crippen molar-refractivity contribution in [1.82, 2.24) is 0 Å². The highest BCUT2D eigenvalue weighted by molar-refractivity contribution is 7.85. The quantitative estimate of drug-likeness (QED) is 0.241. The van der Waals surface area contributed by atoms with Crippen molar-refractivity contribution in [3.8, 4) is 23.0 Å². The van der Waals surface area contributed by atoms with Crippen molar-refractivity contribution >= 4 is 18.6 Å². The minimum Gasteiger partial charge on any atom is -0.466 e. The molecule has 0 rings (SSSR count). The smallest absolute Gasteiger partial charge is 0.330 e. The molecule has 0 unspecified atom stereocenters. The van der Waals surface area contributed by atoms with Crippen LogP contribution in [0.4, 0.5) is 0 Å². The molecule has 0 aliphatic carbocycles. The third-order valence-electron chi connectivity index (χ3n) is 1.10. The number of unbranched alkanes of at least 4 members (excludes halogenated alkanes) is 1. The molecule has 0 radical (unpaired) electrons. The van der Waals surface area contributed by atoms with Crippen LogP contribution in [0.25, 0.3) is 0 Å². The lowest BCUT2D eigenvalue weighted by Crippen LogP contribution is -1.93. The Morgan fingerprint density at radius 2 is 2.31 bits per heavy atom. The molecule has 0 aliphatic rings. The highest BCUT2D eigenvalue weighted by Crippen LogP contribution is 1.89. The maximum absolute atomic E-state index is 10.6. The van der Waals surface area contributed by atoms with Crippen molar-refractivity contribution in [2.75, 3.05) is 7.11 Å². The summed E-state index contributed by atoms with van der Waals surface area (Å²) in [7, 11) is 1.34. The van der Waals surface area contributed by atoms with Gasteiger partial charge >= 0.3 is 5.97 Å². The molecule has 0 atom stereocenters. The number of ether oxygens (including phenoxy) is 1. The number of hydrogen-bond acceptors (Lipinski definition) is 3. The van der Waals surface area contributed by atoms with Gasteiger partial charge in [0.25, 0.3) is 0 Å². The van der Waals surface area contributed by atoms with E-state index < -0.39 is 0 Å². The molecule has 0 N–H and O–H groups in total. The zero-order valence-electron chi connectivity index (χ0n) is 7.33. The van der Waals surface area contributed by atoms with E-state index in [1.807, 2.05) is 0 Å². The van der Waals surface area contributed by atoms with E-state index in [1.54, 1.807) is 6.08 Å². The number of methoxy groups -OCH3 is 1. The third-order valence-corrected chi connectivity index (χ3v) is 1.21. The molecule has 0 saturated heterocycles. The lowest BCUT2D eigenvalue weighted by molar-refractivity contribution is -0.134. The molecule has 0 aliphatic heterocycles. The molecule has 0 aromatic carbocycles. The summed E-state index contributed by atoms with van der Waals surface area (Å²) in [4.78, 5) is 10.6. The molecule has 13 heavy (non-hydrogen) atoms. The van der Waals surface area contributed by atoms with Crippen LogP contribution in [0.1, 0.15) is 12.8 Å². The van der Waals surface area contributed by atoms with E-state index in [4.69, 9.17) is 0 Å². The molecule has 2 nitrogen and oxygen atoms in total. The van der Waals surface area contributed by atoms with Crippen LogP contribution in [0.3, 0.4) is 0 Å². The first-order valence-corrected chi connectivity index (χ1v) is 4.12. The standard InChI is InChI=1S/C10H10O2S/c1-12-10(11)8-6-4-2-3-5-7-9-13/h6,8,13H,2,4H2,1H3/b8-6-. The predicted octanol–water partition coefficient (Wildman–Crippen LogP) is 1.39. The summed E-state index contributed by atoms with van der Waals surface area (Å²) < 4.78 is 4.40. The summed E-state index contributed by atoms with van der Waals surface area (Å²) in [6.45, 7) is 0. The van der Waals surface area contributed by atoms with Crippen LogP contribution >= 0.6 is 12.6 Å². The van der Waals surface area contributed by atoms with E-state index in [1.165, 1.54) is 13.2 Å². The number of thiol groups is 1. The molecule has 0 aromatic rings. The molecular formula is C10H10O2S. The van der Waals surface area contributed by atoms with Gasteiger partial charge in [-0.15, -0.1) is 0 Å².